The van der Waals surface area contributed by atoms with E-state index in [1.165, 1.54) is 17.8 Å². The number of aromatic nitrogens is 1. The molecule has 6 rings (SSSR count). The molecule has 3 N–H and O–H groups in total. The lowest BCUT2D eigenvalue weighted by atomic mass is 9.45. The molecule has 0 radical (unpaired) electrons. The predicted molar refractivity (Wildman–Crippen MR) is 152 cm³/mol. The number of nitrogens with two attached hydrogens (primary N) is 1. The molecule has 1 heterocycles. The summed E-state index contributed by atoms with van der Waals surface area (Å²) in [6.07, 6.45) is 8.75. The minimum absolute atomic E-state index is 0.0382. The van der Waals surface area contributed by atoms with E-state index in [4.69, 9.17) is 15.5 Å². The van der Waals surface area contributed by atoms with Gasteiger partial charge in [0.15, 0.2) is 5.60 Å². The van der Waals surface area contributed by atoms with Gasteiger partial charge in [0.1, 0.15) is 6.01 Å². The molecule has 2 unspecified atom stereocenters. The molecule has 7 nitrogen and oxygen atoms in total. The topological polar surface area (TPSA) is 115 Å². The van der Waals surface area contributed by atoms with Crippen LogP contribution in [0.15, 0.2) is 46.7 Å². The molecular formula is C31H37F2N3O4S. The molecule has 5 aliphatic carbocycles. The van der Waals surface area contributed by atoms with Crippen molar-refractivity contribution >= 4 is 34.2 Å². The fraction of sp³-hybridized carbons (Fsp3) is 0.613. The molecule has 7 atom stereocenters. The maximum Gasteiger partial charge on any atom is 0.306 e. The van der Waals surface area contributed by atoms with Crippen molar-refractivity contribution in [2.24, 2.45) is 38.3 Å². The third-order valence-electron chi connectivity index (χ3n) is 11.7. The van der Waals surface area contributed by atoms with Gasteiger partial charge in [-0.15, -0.1) is 0 Å². The molecule has 1 aromatic heterocycles. The van der Waals surface area contributed by atoms with E-state index in [0.717, 1.165) is 24.8 Å². The lowest BCUT2D eigenvalue weighted by Gasteiger charge is -2.60. The van der Waals surface area contributed by atoms with Gasteiger partial charge in [-0.25, -0.2) is 14.4 Å². The van der Waals surface area contributed by atoms with Gasteiger partial charge in [0.2, 0.25) is 11.1 Å². The summed E-state index contributed by atoms with van der Waals surface area (Å²) in [4.78, 5) is 34.6. The molecule has 41 heavy (non-hydrogen) atoms. The first-order valence-electron chi connectivity index (χ1n) is 14.4. The third kappa shape index (κ3) is 3.58. The van der Waals surface area contributed by atoms with Crippen LogP contribution in [0.3, 0.4) is 0 Å². The summed E-state index contributed by atoms with van der Waals surface area (Å²) in [5, 5.41) is 11.7. The first kappa shape index (κ1) is 28.5. The Labute approximate surface area is 243 Å². The summed E-state index contributed by atoms with van der Waals surface area (Å²) in [7, 11) is 0. The molecule has 0 saturated heterocycles. The van der Waals surface area contributed by atoms with Crippen LogP contribution in [-0.2, 0) is 14.3 Å². The summed E-state index contributed by atoms with van der Waals surface area (Å²) >= 11 is 0.565. The van der Waals surface area contributed by atoms with Gasteiger partial charge >= 0.3 is 5.97 Å². The van der Waals surface area contributed by atoms with Crippen molar-refractivity contribution < 1.29 is 28.2 Å². The quantitative estimate of drug-likeness (QED) is 0.336. The Morgan fingerprint density at radius 1 is 1.32 bits per heavy atom. The summed E-state index contributed by atoms with van der Waals surface area (Å²) in [6.45, 7) is 5.88. The van der Waals surface area contributed by atoms with Gasteiger partial charge in [0.05, 0.1) is 23.7 Å². The predicted octanol–water partition coefficient (Wildman–Crippen LogP) is 5.70. The zero-order valence-electron chi connectivity index (χ0n) is 23.7. The van der Waals surface area contributed by atoms with Crippen molar-refractivity contribution in [3.05, 3.63) is 47.7 Å². The highest BCUT2D eigenvalue weighted by Crippen LogP contribution is 2.90. The van der Waals surface area contributed by atoms with E-state index in [1.54, 1.807) is 19.2 Å². The van der Waals surface area contributed by atoms with Gasteiger partial charge < -0.3 is 15.6 Å². The molecule has 0 aliphatic heterocycles. The molecular weight excluding hydrogens is 548 g/mol. The lowest BCUT2D eigenvalue weighted by molar-refractivity contribution is -0.196. The zero-order valence-corrected chi connectivity index (χ0v) is 24.5. The van der Waals surface area contributed by atoms with Gasteiger partial charge in [-0.2, -0.15) is 4.39 Å². The number of fused-ring (bicyclic) bond motifs is 2. The molecule has 10 heteroatoms. The van der Waals surface area contributed by atoms with Crippen molar-refractivity contribution in [2.45, 2.75) is 83.8 Å². The van der Waals surface area contributed by atoms with Crippen molar-refractivity contribution in [3.63, 3.8) is 0 Å². The number of aliphatic hydroxyl groups is 1. The third-order valence-corrected chi connectivity index (χ3v) is 12.4. The lowest BCUT2D eigenvalue weighted by Crippen LogP contribution is -2.62. The maximum absolute atomic E-state index is 13.5. The van der Waals surface area contributed by atoms with Crippen LogP contribution in [0.25, 0.3) is 0 Å². The molecule has 0 bridgehead atoms. The second-order valence-electron chi connectivity index (χ2n) is 12.9. The van der Waals surface area contributed by atoms with Crippen LogP contribution in [0, 0.1) is 33.5 Å². The van der Waals surface area contributed by atoms with E-state index in [2.05, 4.69) is 18.0 Å². The smallest absolute Gasteiger partial charge is 0.306 e. The van der Waals surface area contributed by atoms with Gasteiger partial charge in [-0.05, 0) is 98.0 Å². The number of aliphatic hydroxyl groups excluding tert-OH is 1. The van der Waals surface area contributed by atoms with E-state index >= 15 is 0 Å². The van der Waals surface area contributed by atoms with Crippen molar-refractivity contribution in [2.75, 3.05) is 6.01 Å². The number of hydrogen-bond donors (Lipinski definition) is 2. The average Bonchev–Trinajstić information content (AvgIpc) is 3.59. The highest BCUT2D eigenvalue weighted by atomic mass is 32.2. The number of pyridine rings is 1. The largest absolute Gasteiger partial charge is 0.449 e. The Morgan fingerprint density at radius 3 is 2.76 bits per heavy atom. The molecule has 4 fully saturated rings. The number of aliphatic imine (C=N–C) groups is 1. The Bertz CT molecular complexity index is 1400. The number of hydrogen-bond acceptors (Lipinski definition) is 8. The molecule has 4 saturated carbocycles. The van der Waals surface area contributed by atoms with E-state index in [0.29, 0.717) is 48.8 Å². The van der Waals surface area contributed by atoms with Crippen LogP contribution < -0.4 is 5.73 Å². The van der Waals surface area contributed by atoms with Crippen LogP contribution in [0.1, 0.15) is 72.1 Å². The number of halogens is 2. The van der Waals surface area contributed by atoms with E-state index in [1.807, 2.05) is 6.92 Å². The highest BCUT2D eigenvalue weighted by molar-refractivity contribution is 8.13. The highest BCUT2D eigenvalue weighted by Gasteiger charge is 2.88. The van der Waals surface area contributed by atoms with Gasteiger partial charge in [0, 0.05) is 22.7 Å². The molecule has 0 aromatic carbocycles. The normalized spacial score (nSPS) is 42.5. The summed E-state index contributed by atoms with van der Waals surface area (Å²) in [5.41, 5.74) is 6.14. The van der Waals surface area contributed by atoms with E-state index < -0.39 is 45.6 Å². The van der Waals surface area contributed by atoms with Gasteiger partial charge in [-0.1, -0.05) is 26.3 Å². The number of ether oxygens (including phenoxy) is 1. The van der Waals surface area contributed by atoms with E-state index in [-0.39, 0.29) is 23.2 Å². The number of allylic oxidation sites excluding steroid dienone is 3. The van der Waals surface area contributed by atoms with Gasteiger partial charge in [-0.3, -0.25) is 9.59 Å². The fourth-order valence-corrected chi connectivity index (χ4v) is 10.6. The van der Waals surface area contributed by atoms with Crippen LogP contribution >= 0.6 is 11.8 Å². The minimum atomic E-state index is -1.46. The number of carbonyl (C=O) groups excluding carboxylic acids is 2. The number of rotatable bonds is 5. The Balaban J connectivity index is 1.41. The van der Waals surface area contributed by atoms with Crippen LogP contribution in [0.5, 0.6) is 0 Å². The number of alkyl halides is 1. The Morgan fingerprint density at radius 2 is 2.10 bits per heavy atom. The zero-order chi connectivity index (χ0) is 29.4. The summed E-state index contributed by atoms with van der Waals surface area (Å²) < 4.78 is 32.8. The van der Waals surface area contributed by atoms with Crippen LogP contribution in [0.4, 0.5) is 14.5 Å². The SMILES string of the molecule is CCC(=O)O[C@]1(C(=O)SCF)CCC2[C@]34CCC5=CC(=Nc6ccc(F)nc6)C(=CN)C[C@]5(C)C3(C4)[C@@H](O)C[C@@]21C. The number of carbonyl (C=O) groups is 2. The summed E-state index contributed by atoms with van der Waals surface area (Å²) in [5.74, 6) is -1.01. The number of thioether (sulfide) groups is 1. The number of esters is 1. The molecule has 220 valence electrons. The molecule has 0 spiro atoms. The molecule has 0 amide bonds. The fourth-order valence-electron chi connectivity index (χ4n) is 9.89. The number of nitrogens with zero attached hydrogens (tertiary/aromatic N) is 2. The summed E-state index contributed by atoms with van der Waals surface area (Å²) in [6, 6.07) is 1.96. The van der Waals surface area contributed by atoms with Gasteiger partial charge in [0.25, 0.3) is 0 Å². The second kappa shape index (κ2) is 9.46. The van der Waals surface area contributed by atoms with Crippen molar-refractivity contribution in [1.82, 2.24) is 4.98 Å². The first-order chi connectivity index (χ1) is 19.5. The van der Waals surface area contributed by atoms with Crippen LogP contribution in [-0.4, -0.2) is 44.6 Å². The Kier molecular flexibility index (Phi) is 6.58. The average molecular weight is 586 g/mol. The van der Waals surface area contributed by atoms with Crippen molar-refractivity contribution in [1.29, 1.82) is 0 Å². The second-order valence-corrected chi connectivity index (χ2v) is 13.8. The minimum Gasteiger partial charge on any atom is -0.449 e. The standard InChI is InChI=1S/C31H37F2N3O4S/c1-4-25(38)40-31(26(39)41-17-32)10-8-22-28(31,3)13-23(37)30-16-29(22,30)9-7-19-11-21(18(14-34)12-27(19,30)2)36-20-5-6-24(33)35-15-20/h5-6,11,14-15,22-23,37H,4,7-10,12-13,16-17,34H2,1-3H3/t22?,23-,27-,28-,29+,30?,31-/m0/s1. The molecule has 5 aliphatic rings. The molecule has 1 aromatic rings. The van der Waals surface area contributed by atoms with Crippen LogP contribution in [0.2, 0.25) is 0 Å². The maximum atomic E-state index is 13.5. The first-order valence-corrected chi connectivity index (χ1v) is 15.4. The van der Waals surface area contributed by atoms with E-state index in [9.17, 15) is 23.5 Å². The Hall–Kier alpha value is -2.59. The van der Waals surface area contributed by atoms with Crippen molar-refractivity contribution in [3.8, 4) is 0 Å². The monoisotopic (exact) mass is 585 g/mol.